The third-order valence-corrected chi connectivity index (χ3v) is 20.0. The number of carbonyl (C=O) groups is 2. The van der Waals surface area contributed by atoms with E-state index in [-0.39, 0.29) is 57.1 Å². The highest BCUT2D eigenvalue weighted by molar-refractivity contribution is 6.33. The Bertz CT molecular complexity index is 2740. The van der Waals surface area contributed by atoms with Crippen LogP contribution in [0, 0.1) is 56.7 Å². The van der Waals surface area contributed by atoms with Gasteiger partial charge in [0.1, 0.15) is 11.5 Å². The minimum atomic E-state index is -4.60. The van der Waals surface area contributed by atoms with Gasteiger partial charge in [-0.25, -0.2) is 4.79 Å². The van der Waals surface area contributed by atoms with Crippen molar-refractivity contribution in [2.24, 2.45) is 56.7 Å². The minimum absolute atomic E-state index is 0.00279. The molecule has 11 heteroatoms. The van der Waals surface area contributed by atoms with Crippen LogP contribution >= 0.6 is 11.6 Å². The van der Waals surface area contributed by atoms with Crippen molar-refractivity contribution in [1.29, 1.82) is 0 Å². The standard InChI is InChI=1S/C56H59ClF3NO6/c1-50-16-13-39(62)29-53(50)19-20-55(42(30-53)48(63)45-12-11-44(67-45)41-25-38(56(58,59)60)8-10-43(41)57)46(50)14-17-51(2)47(55)15-18-54(51,65)32-61(31-52-26-33-21-34(27-52)23-35(22-33)28-52)49(64)66-40-9-7-36-5-3-4-6-37(36)24-40/h3-12,19-20,24-25,30,33-35,39,46-47,62,65H,13-18,21-23,26-29,31-32H2,1-2H3/t33?,34?,35?,39?,46-,47-,50-,51+,52?,53+,54-,55-/m1/s1. The quantitative estimate of drug-likeness (QED) is 0.135. The Hall–Kier alpha value is -4.38. The Morgan fingerprint density at radius 2 is 1.49 bits per heavy atom. The lowest BCUT2D eigenvalue weighted by Gasteiger charge is -2.71. The molecule has 7 fully saturated rings. The number of carbonyl (C=O) groups excluding carboxylic acids is 2. The van der Waals surface area contributed by atoms with Crippen LogP contribution in [0.1, 0.15) is 113 Å². The summed E-state index contributed by atoms with van der Waals surface area (Å²) in [5, 5.41) is 26.9. The minimum Gasteiger partial charge on any atom is -0.453 e. The van der Waals surface area contributed by atoms with E-state index in [9.17, 15) is 28.2 Å². The smallest absolute Gasteiger partial charge is 0.416 e. The van der Waals surface area contributed by atoms with Crippen LogP contribution in [-0.4, -0.2) is 51.8 Å². The number of Topliss-reactive ketones (excluding diaryl/α,β-unsaturated/α-hetero) is 1. The molecule has 1 amide bonds. The van der Waals surface area contributed by atoms with E-state index in [2.05, 4.69) is 32.1 Å². The van der Waals surface area contributed by atoms with Gasteiger partial charge in [0.25, 0.3) is 0 Å². The van der Waals surface area contributed by atoms with E-state index in [4.69, 9.17) is 20.8 Å². The Morgan fingerprint density at radius 1 is 0.806 bits per heavy atom. The molecule has 14 rings (SSSR count). The number of hydrogen-bond donors (Lipinski definition) is 2. The van der Waals surface area contributed by atoms with Gasteiger partial charge >= 0.3 is 12.3 Å². The van der Waals surface area contributed by atoms with Gasteiger partial charge in [0, 0.05) is 33.9 Å². The first-order valence-corrected chi connectivity index (χ1v) is 25.0. The highest BCUT2D eigenvalue weighted by Crippen LogP contribution is 2.78. The summed E-state index contributed by atoms with van der Waals surface area (Å²) in [6.45, 7) is 5.13. The zero-order valence-corrected chi connectivity index (χ0v) is 39.0. The maximum atomic E-state index is 15.4. The molecule has 2 N–H and O–H groups in total. The maximum Gasteiger partial charge on any atom is 0.416 e. The van der Waals surface area contributed by atoms with Gasteiger partial charge in [-0.2, -0.15) is 13.2 Å². The molecule has 3 aromatic carbocycles. The number of furan rings is 1. The number of hydrogen-bond acceptors (Lipinski definition) is 6. The van der Waals surface area contributed by atoms with Crippen molar-refractivity contribution in [3.05, 3.63) is 113 Å². The number of ketones is 1. The first kappa shape index (κ1) is 43.9. The van der Waals surface area contributed by atoms with Gasteiger partial charge in [-0.3, -0.25) is 4.79 Å². The van der Waals surface area contributed by atoms with Gasteiger partial charge in [-0.1, -0.05) is 74.0 Å². The van der Waals surface area contributed by atoms with E-state index in [0.717, 1.165) is 55.0 Å². The molecular formula is C56H59ClF3NO6. The highest BCUT2D eigenvalue weighted by Gasteiger charge is 2.75. The summed E-state index contributed by atoms with van der Waals surface area (Å²) >= 11 is 6.46. The summed E-state index contributed by atoms with van der Waals surface area (Å²) in [6.07, 6.45) is 12.4. The fourth-order valence-corrected chi connectivity index (χ4v) is 17.2. The van der Waals surface area contributed by atoms with Gasteiger partial charge in [0.2, 0.25) is 5.78 Å². The van der Waals surface area contributed by atoms with Crippen molar-refractivity contribution in [2.45, 2.75) is 115 Å². The predicted octanol–water partition coefficient (Wildman–Crippen LogP) is 13.3. The lowest BCUT2D eigenvalue weighted by molar-refractivity contribution is -0.176. The second-order valence-corrected chi connectivity index (χ2v) is 23.6. The molecule has 10 aliphatic carbocycles. The molecule has 2 spiro atoms. The number of aliphatic hydroxyl groups excluding tert-OH is 1. The molecule has 1 aromatic heterocycles. The van der Waals surface area contributed by atoms with E-state index in [1.54, 1.807) is 0 Å². The topological polar surface area (TPSA) is 100 Å². The molecule has 0 saturated heterocycles. The maximum absolute atomic E-state index is 15.4. The second-order valence-electron chi connectivity index (χ2n) is 23.1. The Labute approximate surface area is 394 Å². The molecule has 1 heterocycles. The first-order chi connectivity index (χ1) is 31.8. The van der Waals surface area contributed by atoms with Gasteiger partial charge in [-0.05, 0) is 177 Å². The van der Waals surface area contributed by atoms with E-state index in [1.807, 2.05) is 47.4 Å². The fraction of sp³-hybridized carbons (Fsp3) is 0.536. The van der Waals surface area contributed by atoms with Crippen LogP contribution < -0.4 is 4.74 Å². The monoisotopic (exact) mass is 933 g/mol. The highest BCUT2D eigenvalue weighted by atomic mass is 35.5. The van der Waals surface area contributed by atoms with Crippen LogP contribution in [0.15, 0.2) is 101 Å². The number of benzene rings is 3. The first-order valence-electron chi connectivity index (χ1n) is 24.7. The summed E-state index contributed by atoms with van der Waals surface area (Å²) in [5.74, 6) is 1.97. The lowest BCUT2D eigenvalue weighted by atomic mass is 9.32. The molecule has 8 atom stereocenters. The molecule has 6 bridgehead atoms. The Balaban J connectivity index is 0.912. The van der Waals surface area contributed by atoms with Gasteiger partial charge in [0.15, 0.2) is 5.76 Å². The normalized spacial score (nSPS) is 38.9. The van der Waals surface area contributed by atoms with E-state index < -0.39 is 45.8 Å². The molecule has 7 nitrogen and oxygen atoms in total. The number of aliphatic hydroxyl groups is 2. The zero-order valence-electron chi connectivity index (χ0n) is 38.2. The third-order valence-electron chi connectivity index (χ3n) is 19.7. The SMILES string of the molecule is C[C@]12CC[C@H]3[C@]4(C=C[C@@]5(C=C4C(=O)c4ccc(-c6cc(C(F)(F)F)ccc6Cl)o4)CC(O)CC[C@]35C)[C@@H]1CC[C@@]2(O)CN(CC12CC3CC(CC(C3)C1)C2)C(=O)Oc1ccc2ccccc2c1. The molecule has 1 unspecified atom stereocenters. The number of alkyl halides is 3. The zero-order chi connectivity index (χ0) is 46.5. The number of halogens is 4. The lowest BCUT2D eigenvalue weighted by Crippen LogP contribution is -2.67. The van der Waals surface area contributed by atoms with Crippen LogP contribution in [0.4, 0.5) is 18.0 Å². The van der Waals surface area contributed by atoms with Crippen molar-refractivity contribution >= 4 is 34.2 Å². The molecule has 4 aromatic rings. The molecular weight excluding hydrogens is 875 g/mol. The fourth-order valence-electron chi connectivity index (χ4n) is 17.0. The van der Waals surface area contributed by atoms with Crippen LogP contribution in [0.2, 0.25) is 5.02 Å². The molecule has 10 aliphatic rings. The van der Waals surface area contributed by atoms with Gasteiger partial charge in [0.05, 0.1) is 28.8 Å². The largest absolute Gasteiger partial charge is 0.453 e. The Kier molecular flexibility index (Phi) is 9.70. The Morgan fingerprint density at radius 3 is 2.22 bits per heavy atom. The van der Waals surface area contributed by atoms with Crippen LogP contribution in [-0.2, 0) is 6.18 Å². The van der Waals surface area contributed by atoms with E-state index >= 15 is 4.79 Å². The molecule has 0 radical (unpaired) electrons. The second kappa shape index (κ2) is 14.8. The van der Waals surface area contributed by atoms with Crippen molar-refractivity contribution in [2.75, 3.05) is 13.1 Å². The van der Waals surface area contributed by atoms with E-state index in [0.29, 0.717) is 67.7 Å². The number of fused-ring (bicyclic) bond motifs is 2. The van der Waals surface area contributed by atoms with Crippen molar-refractivity contribution in [1.82, 2.24) is 4.90 Å². The van der Waals surface area contributed by atoms with Gasteiger partial charge in [-0.15, -0.1) is 0 Å². The number of allylic oxidation sites excluding steroid dienone is 4. The molecule has 0 aliphatic heterocycles. The van der Waals surface area contributed by atoms with Crippen LogP contribution in [0.25, 0.3) is 22.1 Å². The van der Waals surface area contributed by atoms with E-state index in [1.165, 1.54) is 37.5 Å². The predicted molar refractivity (Wildman–Crippen MR) is 249 cm³/mol. The van der Waals surface area contributed by atoms with Crippen LogP contribution in [0.5, 0.6) is 5.75 Å². The molecule has 67 heavy (non-hydrogen) atoms. The summed E-state index contributed by atoms with van der Waals surface area (Å²) in [5.41, 5.74) is -4.09. The number of ether oxygens (including phenoxy) is 1. The average Bonchev–Trinajstić information content (AvgIpc) is 3.87. The van der Waals surface area contributed by atoms with Crippen molar-refractivity contribution in [3.8, 4) is 17.1 Å². The molecule has 352 valence electrons. The average molecular weight is 935 g/mol. The number of rotatable bonds is 8. The number of nitrogens with zero attached hydrogens (tertiary/aromatic N) is 1. The third kappa shape index (κ3) is 6.50. The van der Waals surface area contributed by atoms with Crippen molar-refractivity contribution < 1.29 is 42.1 Å². The number of amides is 1. The summed E-state index contributed by atoms with van der Waals surface area (Å²) in [7, 11) is 0. The molecule has 7 saturated carbocycles. The van der Waals surface area contributed by atoms with Gasteiger partial charge < -0.3 is 24.3 Å². The summed E-state index contributed by atoms with van der Waals surface area (Å²) < 4.78 is 54.0. The summed E-state index contributed by atoms with van der Waals surface area (Å²) in [4.78, 5) is 32.1. The summed E-state index contributed by atoms with van der Waals surface area (Å²) in [6, 6.07) is 19.8. The van der Waals surface area contributed by atoms with Crippen LogP contribution in [0.3, 0.4) is 0 Å². The van der Waals surface area contributed by atoms with Crippen molar-refractivity contribution in [3.63, 3.8) is 0 Å².